The van der Waals surface area contributed by atoms with E-state index in [-0.39, 0.29) is 0 Å². The number of hydrogen-bond donors (Lipinski definition) is 3. The van der Waals surface area contributed by atoms with Crippen molar-refractivity contribution in [1.29, 1.82) is 0 Å². The summed E-state index contributed by atoms with van der Waals surface area (Å²) in [7, 11) is 1.65. The maximum absolute atomic E-state index is 10.5. The molecule has 1 unspecified atom stereocenters. The summed E-state index contributed by atoms with van der Waals surface area (Å²) in [6, 6.07) is 5.16. The van der Waals surface area contributed by atoms with Crippen LogP contribution in [-0.4, -0.2) is 30.8 Å². The lowest BCUT2D eigenvalue weighted by atomic mass is 10.1. The Balaban J connectivity index is 2.36. The Kier molecular flexibility index (Phi) is 5.61. The van der Waals surface area contributed by atoms with Crippen LogP contribution in [0.5, 0.6) is 5.75 Å². The average molecular weight is 252 g/mol. The van der Waals surface area contributed by atoms with Gasteiger partial charge in [0.2, 0.25) is 0 Å². The highest BCUT2D eigenvalue weighted by Crippen LogP contribution is 2.18. The highest BCUT2D eigenvalue weighted by molar-refractivity contribution is 5.72. The fourth-order valence-corrected chi connectivity index (χ4v) is 1.66. The zero-order chi connectivity index (χ0) is 13.5. The van der Waals surface area contributed by atoms with Crippen LogP contribution in [0, 0.1) is 6.92 Å². The first-order valence-electron chi connectivity index (χ1n) is 5.87. The van der Waals surface area contributed by atoms with E-state index in [1.165, 1.54) is 0 Å². The quantitative estimate of drug-likeness (QED) is 0.628. The van der Waals surface area contributed by atoms with Crippen molar-refractivity contribution in [2.45, 2.75) is 25.9 Å². The molecule has 0 heterocycles. The largest absolute Gasteiger partial charge is 0.496 e. The van der Waals surface area contributed by atoms with Crippen molar-refractivity contribution in [1.82, 2.24) is 5.32 Å². The van der Waals surface area contributed by atoms with Gasteiger partial charge in [-0.3, -0.25) is 4.79 Å². The number of carboxylic acids is 1. The van der Waals surface area contributed by atoms with E-state index in [2.05, 4.69) is 5.32 Å². The van der Waals surface area contributed by atoms with Gasteiger partial charge in [0.05, 0.1) is 7.11 Å². The second kappa shape index (κ2) is 6.98. The third-order valence-corrected chi connectivity index (χ3v) is 2.74. The number of carbonyl (C=O) groups is 1. The van der Waals surface area contributed by atoms with Crippen LogP contribution in [0.1, 0.15) is 17.5 Å². The Morgan fingerprint density at radius 1 is 1.56 bits per heavy atom. The number of nitrogens with one attached hydrogen (secondary N) is 1. The minimum absolute atomic E-state index is 0.421. The standard InChI is InChI=1S/C13H20N2O3/c1-9-7-10(3-4-12(9)18-2)8-15-6-5-11(14)13(16)17/h3-4,7,11,15H,5-6,8,14H2,1-2H3,(H,16,17). The van der Waals surface area contributed by atoms with Crippen LogP contribution >= 0.6 is 0 Å². The summed E-state index contributed by atoms with van der Waals surface area (Å²) in [4.78, 5) is 10.5. The van der Waals surface area contributed by atoms with Crippen molar-refractivity contribution in [3.63, 3.8) is 0 Å². The van der Waals surface area contributed by atoms with Gasteiger partial charge >= 0.3 is 5.97 Å². The Labute approximate surface area is 107 Å². The monoisotopic (exact) mass is 252 g/mol. The molecule has 0 aliphatic rings. The van der Waals surface area contributed by atoms with Crippen LogP contribution in [0.4, 0.5) is 0 Å². The molecule has 0 aliphatic carbocycles. The SMILES string of the molecule is COc1ccc(CNCCC(N)C(=O)O)cc1C. The van der Waals surface area contributed by atoms with Gasteiger partial charge in [0.1, 0.15) is 11.8 Å². The number of hydrogen-bond acceptors (Lipinski definition) is 4. The Hall–Kier alpha value is -1.59. The molecule has 0 saturated heterocycles. The molecule has 4 N–H and O–H groups in total. The number of carboxylic acid groups (broad SMARTS) is 1. The van der Waals surface area contributed by atoms with Gasteiger partial charge in [-0.1, -0.05) is 12.1 Å². The van der Waals surface area contributed by atoms with E-state index in [0.29, 0.717) is 19.5 Å². The number of benzene rings is 1. The molecule has 0 spiro atoms. The number of aliphatic carboxylic acids is 1. The van der Waals surface area contributed by atoms with E-state index in [9.17, 15) is 4.79 Å². The van der Waals surface area contributed by atoms with Gasteiger partial charge in [0.25, 0.3) is 0 Å². The van der Waals surface area contributed by atoms with Crippen LogP contribution in [-0.2, 0) is 11.3 Å². The first-order chi connectivity index (χ1) is 8.54. The Morgan fingerprint density at radius 3 is 2.83 bits per heavy atom. The summed E-state index contributed by atoms with van der Waals surface area (Å²) in [5.74, 6) is -0.0938. The Bertz CT molecular complexity index is 407. The number of aryl methyl sites for hydroxylation is 1. The number of rotatable bonds is 7. The normalized spacial score (nSPS) is 12.2. The van der Waals surface area contributed by atoms with Gasteiger partial charge in [0, 0.05) is 6.54 Å². The molecular formula is C13H20N2O3. The van der Waals surface area contributed by atoms with E-state index in [1.54, 1.807) is 7.11 Å². The molecule has 0 saturated carbocycles. The maximum atomic E-state index is 10.5. The molecule has 5 heteroatoms. The summed E-state index contributed by atoms with van der Waals surface area (Å²) < 4.78 is 5.18. The van der Waals surface area contributed by atoms with Crippen molar-refractivity contribution in [2.75, 3.05) is 13.7 Å². The Morgan fingerprint density at radius 2 is 2.28 bits per heavy atom. The van der Waals surface area contributed by atoms with E-state index < -0.39 is 12.0 Å². The molecule has 0 aliphatic heterocycles. The summed E-state index contributed by atoms with van der Waals surface area (Å²) in [5, 5.41) is 11.8. The molecule has 1 aromatic carbocycles. The maximum Gasteiger partial charge on any atom is 0.320 e. The molecule has 100 valence electrons. The molecule has 1 aromatic rings. The highest BCUT2D eigenvalue weighted by atomic mass is 16.5. The summed E-state index contributed by atoms with van der Waals surface area (Å²) >= 11 is 0. The molecule has 1 atom stereocenters. The smallest absolute Gasteiger partial charge is 0.320 e. The van der Waals surface area contributed by atoms with Crippen molar-refractivity contribution in [3.05, 3.63) is 29.3 Å². The molecule has 0 radical (unpaired) electrons. The second-order valence-electron chi connectivity index (χ2n) is 4.21. The fourth-order valence-electron chi connectivity index (χ4n) is 1.66. The summed E-state index contributed by atoms with van der Waals surface area (Å²) in [5.41, 5.74) is 7.62. The zero-order valence-corrected chi connectivity index (χ0v) is 10.8. The molecule has 5 nitrogen and oxygen atoms in total. The summed E-state index contributed by atoms with van der Waals surface area (Å²) in [6.45, 7) is 3.26. The van der Waals surface area contributed by atoms with Crippen LogP contribution < -0.4 is 15.8 Å². The lowest BCUT2D eigenvalue weighted by molar-refractivity contribution is -0.138. The van der Waals surface area contributed by atoms with Gasteiger partial charge in [-0.25, -0.2) is 0 Å². The van der Waals surface area contributed by atoms with E-state index >= 15 is 0 Å². The van der Waals surface area contributed by atoms with E-state index in [0.717, 1.165) is 16.9 Å². The average Bonchev–Trinajstić information content (AvgIpc) is 2.34. The first-order valence-corrected chi connectivity index (χ1v) is 5.87. The lowest BCUT2D eigenvalue weighted by Crippen LogP contribution is -2.33. The van der Waals surface area contributed by atoms with Crippen molar-refractivity contribution >= 4 is 5.97 Å². The van der Waals surface area contributed by atoms with Crippen LogP contribution in [0.2, 0.25) is 0 Å². The van der Waals surface area contributed by atoms with Crippen LogP contribution in [0.15, 0.2) is 18.2 Å². The molecule has 0 amide bonds. The molecular weight excluding hydrogens is 232 g/mol. The minimum atomic E-state index is -0.961. The number of nitrogens with two attached hydrogens (primary N) is 1. The molecule has 0 fully saturated rings. The molecule has 0 aromatic heterocycles. The van der Waals surface area contributed by atoms with Crippen molar-refractivity contribution in [2.24, 2.45) is 5.73 Å². The van der Waals surface area contributed by atoms with Gasteiger partial charge in [-0.15, -0.1) is 0 Å². The summed E-state index contributed by atoms with van der Waals surface area (Å²) in [6.07, 6.45) is 0.421. The molecule has 1 rings (SSSR count). The third-order valence-electron chi connectivity index (χ3n) is 2.74. The zero-order valence-electron chi connectivity index (χ0n) is 10.8. The number of ether oxygens (including phenoxy) is 1. The lowest BCUT2D eigenvalue weighted by Gasteiger charge is -2.10. The third kappa shape index (κ3) is 4.35. The second-order valence-corrected chi connectivity index (χ2v) is 4.21. The van der Waals surface area contributed by atoms with Crippen LogP contribution in [0.25, 0.3) is 0 Å². The predicted molar refractivity (Wildman–Crippen MR) is 69.7 cm³/mol. The van der Waals surface area contributed by atoms with Crippen molar-refractivity contribution in [3.8, 4) is 5.75 Å². The highest BCUT2D eigenvalue weighted by Gasteiger charge is 2.09. The molecule has 18 heavy (non-hydrogen) atoms. The first kappa shape index (κ1) is 14.5. The van der Waals surface area contributed by atoms with E-state index in [1.807, 2.05) is 25.1 Å². The van der Waals surface area contributed by atoms with Gasteiger partial charge in [-0.05, 0) is 37.1 Å². The topological polar surface area (TPSA) is 84.6 Å². The van der Waals surface area contributed by atoms with Gasteiger partial charge in [-0.2, -0.15) is 0 Å². The van der Waals surface area contributed by atoms with E-state index in [4.69, 9.17) is 15.6 Å². The van der Waals surface area contributed by atoms with Crippen molar-refractivity contribution < 1.29 is 14.6 Å². The fraction of sp³-hybridized carbons (Fsp3) is 0.462. The minimum Gasteiger partial charge on any atom is -0.496 e. The molecule has 0 bridgehead atoms. The van der Waals surface area contributed by atoms with Gasteiger partial charge in [0.15, 0.2) is 0 Å². The number of methoxy groups -OCH3 is 1. The van der Waals surface area contributed by atoms with Gasteiger partial charge < -0.3 is 20.9 Å². The van der Waals surface area contributed by atoms with Crippen LogP contribution in [0.3, 0.4) is 0 Å². The predicted octanol–water partition coefficient (Wildman–Crippen LogP) is 0.895.